The van der Waals surface area contributed by atoms with Gasteiger partial charge in [-0.3, -0.25) is 4.79 Å². The van der Waals surface area contributed by atoms with E-state index >= 15 is 0 Å². The quantitative estimate of drug-likeness (QED) is 0.765. The van der Waals surface area contributed by atoms with E-state index in [0.29, 0.717) is 22.1 Å². The van der Waals surface area contributed by atoms with Crippen molar-refractivity contribution in [1.29, 1.82) is 0 Å². The van der Waals surface area contributed by atoms with Crippen LogP contribution in [0.15, 0.2) is 22.7 Å². The summed E-state index contributed by atoms with van der Waals surface area (Å²) < 4.78 is 6.16. The van der Waals surface area contributed by atoms with E-state index in [-0.39, 0.29) is 5.91 Å². The lowest BCUT2D eigenvalue weighted by Crippen LogP contribution is -2.32. The van der Waals surface area contributed by atoms with Gasteiger partial charge in [-0.25, -0.2) is 0 Å². The highest BCUT2D eigenvalue weighted by Gasteiger charge is 2.21. The first-order valence-electron chi connectivity index (χ1n) is 6.86. The third kappa shape index (κ3) is 4.22. The lowest BCUT2D eigenvalue weighted by atomic mass is 9.89. The fraction of sp³-hybridized carbons (Fsp3) is 0.533. The molecule has 1 fully saturated rings. The van der Waals surface area contributed by atoms with Crippen molar-refractivity contribution in [2.45, 2.75) is 30.5 Å². The summed E-state index contributed by atoms with van der Waals surface area (Å²) in [6.07, 6.45) is 4.81. The Balaban J connectivity index is 1.94. The summed E-state index contributed by atoms with van der Waals surface area (Å²) >= 11 is 7.05. The van der Waals surface area contributed by atoms with Crippen molar-refractivity contribution < 1.29 is 9.53 Å². The molecule has 0 radical (unpaired) electrons. The van der Waals surface area contributed by atoms with E-state index in [1.807, 2.05) is 12.1 Å². The van der Waals surface area contributed by atoms with E-state index in [1.54, 1.807) is 13.2 Å². The molecule has 110 valence electrons. The van der Waals surface area contributed by atoms with Crippen LogP contribution < -0.4 is 10.1 Å². The zero-order chi connectivity index (χ0) is 14.5. The summed E-state index contributed by atoms with van der Waals surface area (Å²) in [7, 11) is 1.58. The van der Waals surface area contributed by atoms with E-state index < -0.39 is 0 Å². The molecule has 1 saturated carbocycles. The van der Waals surface area contributed by atoms with Gasteiger partial charge in [0.25, 0.3) is 5.91 Å². The maximum Gasteiger partial charge on any atom is 0.255 e. The fourth-order valence-corrected chi connectivity index (χ4v) is 3.79. The van der Waals surface area contributed by atoms with Crippen molar-refractivity contribution in [2.24, 2.45) is 5.92 Å². The first-order chi connectivity index (χ1) is 9.60. The third-order valence-corrected chi connectivity index (χ3v) is 5.00. The number of methoxy groups -OCH3 is 1. The van der Waals surface area contributed by atoms with E-state index in [9.17, 15) is 4.79 Å². The molecule has 1 amide bonds. The summed E-state index contributed by atoms with van der Waals surface area (Å²) in [4.78, 5) is 12.8. The molecule has 1 aliphatic rings. The monoisotopic (exact) mass is 403 g/mol. The van der Waals surface area contributed by atoms with Crippen molar-refractivity contribution in [3.63, 3.8) is 0 Å². The molecule has 0 saturated heterocycles. The van der Waals surface area contributed by atoms with E-state index in [2.05, 4.69) is 37.2 Å². The molecule has 1 aromatic carbocycles. The number of carbonyl (C=O) groups is 1. The molecule has 2 rings (SSSR count). The maximum absolute atomic E-state index is 12.2. The van der Waals surface area contributed by atoms with Crippen molar-refractivity contribution in [3.8, 4) is 5.75 Å². The van der Waals surface area contributed by atoms with Crippen LogP contribution in [0.2, 0.25) is 0 Å². The molecule has 3 nitrogen and oxygen atoms in total. The number of carbonyl (C=O) groups excluding carboxylic acids is 1. The van der Waals surface area contributed by atoms with Crippen LogP contribution in [0.5, 0.6) is 5.75 Å². The second-order valence-corrected chi connectivity index (χ2v) is 7.40. The maximum atomic E-state index is 12.2. The smallest absolute Gasteiger partial charge is 0.255 e. The second kappa shape index (κ2) is 7.46. The van der Waals surface area contributed by atoms with E-state index in [0.717, 1.165) is 17.4 Å². The number of amides is 1. The van der Waals surface area contributed by atoms with Gasteiger partial charge in [-0.2, -0.15) is 0 Å². The van der Waals surface area contributed by atoms with Gasteiger partial charge in [-0.1, -0.05) is 38.3 Å². The Morgan fingerprint density at radius 1 is 1.45 bits per heavy atom. The number of hydrogen-bond donors (Lipinski definition) is 1. The molecule has 2 unspecified atom stereocenters. The van der Waals surface area contributed by atoms with E-state index in [4.69, 9.17) is 4.74 Å². The number of ether oxygens (including phenoxy) is 1. The zero-order valence-electron chi connectivity index (χ0n) is 11.5. The van der Waals surface area contributed by atoms with Gasteiger partial charge in [0.05, 0.1) is 12.7 Å². The predicted molar refractivity (Wildman–Crippen MR) is 87.7 cm³/mol. The van der Waals surface area contributed by atoms with Crippen molar-refractivity contribution >= 4 is 37.8 Å². The number of rotatable bonds is 4. The Morgan fingerprint density at radius 3 is 2.95 bits per heavy atom. The summed E-state index contributed by atoms with van der Waals surface area (Å²) in [5.74, 6) is 1.10. The molecule has 1 aromatic rings. The average molecular weight is 405 g/mol. The fourth-order valence-electron chi connectivity index (χ4n) is 2.60. The molecule has 2 atom stereocenters. The van der Waals surface area contributed by atoms with Gasteiger partial charge in [-0.15, -0.1) is 0 Å². The van der Waals surface area contributed by atoms with Crippen LogP contribution in [0.4, 0.5) is 0 Å². The number of halogens is 2. The van der Waals surface area contributed by atoms with Crippen molar-refractivity contribution in [3.05, 3.63) is 28.2 Å². The van der Waals surface area contributed by atoms with Crippen LogP contribution in [0, 0.1) is 5.92 Å². The minimum atomic E-state index is -0.0638. The second-order valence-electron chi connectivity index (χ2n) is 5.18. The molecule has 0 spiro atoms. The molecule has 1 N–H and O–H groups in total. The molecular formula is C15H19Br2NO2. The Bertz CT molecular complexity index is 479. The van der Waals surface area contributed by atoms with Gasteiger partial charge in [0, 0.05) is 15.8 Å². The third-order valence-electron chi connectivity index (χ3n) is 3.68. The van der Waals surface area contributed by atoms with Gasteiger partial charge in [0.1, 0.15) is 5.75 Å². The standard InChI is InChI=1S/C15H19Br2NO2/c1-20-14-8-12(17)5-6-13(14)15(19)18-9-10-3-2-4-11(16)7-10/h5-6,8,10-11H,2-4,7,9H2,1H3,(H,18,19). The highest BCUT2D eigenvalue weighted by Crippen LogP contribution is 2.29. The molecule has 0 aliphatic heterocycles. The molecule has 0 aromatic heterocycles. The SMILES string of the molecule is COc1cc(Br)ccc1C(=O)NCC1CCCC(Br)C1. The summed E-state index contributed by atoms with van der Waals surface area (Å²) in [6, 6.07) is 5.45. The Hall–Kier alpha value is -0.550. The van der Waals surface area contributed by atoms with Crippen LogP contribution in [0.3, 0.4) is 0 Å². The van der Waals surface area contributed by atoms with E-state index in [1.165, 1.54) is 19.3 Å². The minimum absolute atomic E-state index is 0.0638. The number of hydrogen-bond acceptors (Lipinski definition) is 2. The normalized spacial score (nSPS) is 22.4. The molecule has 0 bridgehead atoms. The summed E-state index contributed by atoms with van der Waals surface area (Å²) in [5, 5.41) is 3.03. The van der Waals surface area contributed by atoms with Crippen molar-refractivity contribution in [2.75, 3.05) is 13.7 Å². The first-order valence-corrected chi connectivity index (χ1v) is 8.57. The predicted octanol–water partition coefficient (Wildman–Crippen LogP) is 4.14. The zero-order valence-corrected chi connectivity index (χ0v) is 14.7. The first kappa shape index (κ1) is 15.8. The number of alkyl halides is 1. The van der Waals surface area contributed by atoms with Gasteiger partial charge in [0.2, 0.25) is 0 Å². The molecule has 1 aliphatic carbocycles. The van der Waals surface area contributed by atoms with Crippen LogP contribution in [-0.2, 0) is 0 Å². The van der Waals surface area contributed by atoms with Crippen LogP contribution in [0.25, 0.3) is 0 Å². The highest BCUT2D eigenvalue weighted by atomic mass is 79.9. The lowest BCUT2D eigenvalue weighted by molar-refractivity contribution is 0.0941. The van der Waals surface area contributed by atoms with Gasteiger partial charge >= 0.3 is 0 Å². The minimum Gasteiger partial charge on any atom is -0.496 e. The lowest BCUT2D eigenvalue weighted by Gasteiger charge is -2.25. The molecule has 20 heavy (non-hydrogen) atoms. The van der Waals surface area contributed by atoms with Crippen LogP contribution in [-0.4, -0.2) is 24.4 Å². The average Bonchev–Trinajstić information content (AvgIpc) is 2.44. The molecule has 5 heteroatoms. The number of benzene rings is 1. The largest absolute Gasteiger partial charge is 0.496 e. The topological polar surface area (TPSA) is 38.3 Å². The van der Waals surface area contributed by atoms with Crippen molar-refractivity contribution in [1.82, 2.24) is 5.32 Å². The molecular weight excluding hydrogens is 386 g/mol. The Labute approximate surface area is 136 Å². The molecule has 0 heterocycles. The van der Waals surface area contributed by atoms with Gasteiger partial charge < -0.3 is 10.1 Å². The van der Waals surface area contributed by atoms with Gasteiger partial charge in [-0.05, 0) is 43.4 Å². The Kier molecular flexibility index (Phi) is 5.90. The van der Waals surface area contributed by atoms with Gasteiger partial charge in [0.15, 0.2) is 0 Å². The van der Waals surface area contributed by atoms with Crippen LogP contribution >= 0.6 is 31.9 Å². The highest BCUT2D eigenvalue weighted by molar-refractivity contribution is 9.10. The van der Waals surface area contributed by atoms with Crippen LogP contribution in [0.1, 0.15) is 36.0 Å². The summed E-state index contributed by atoms with van der Waals surface area (Å²) in [5.41, 5.74) is 0.585. The Morgan fingerprint density at radius 2 is 2.25 bits per heavy atom. The number of nitrogens with one attached hydrogen (secondary N) is 1. The summed E-state index contributed by atoms with van der Waals surface area (Å²) in [6.45, 7) is 0.736.